The van der Waals surface area contributed by atoms with Gasteiger partial charge in [-0.25, -0.2) is 9.78 Å². The Morgan fingerprint density at radius 1 is 1.44 bits per heavy atom. The maximum atomic E-state index is 11.8. The van der Waals surface area contributed by atoms with Crippen LogP contribution in [0.25, 0.3) is 10.2 Å². The number of carbonyl (C=O) groups is 1. The molecule has 1 aromatic carbocycles. The van der Waals surface area contributed by atoms with Crippen LogP contribution in [-0.4, -0.2) is 23.2 Å². The third kappa shape index (κ3) is 2.46. The van der Waals surface area contributed by atoms with E-state index in [0.29, 0.717) is 12.4 Å². The smallest absolute Gasteiger partial charge is 0.349 e. The van der Waals surface area contributed by atoms with Gasteiger partial charge in [-0.2, -0.15) is 0 Å². The van der Waals surface area contributed by atoms with Gasteiger partial charge < -0.3 is 9.47 Å². The minimum atomic E-state index is -1.02. The molecule has 0 aliphatic carbocycles. The summed E-state index contributed by atoms with van der Waals surface area (Å²) in [4.78, 5) is 16.0. The summed E-state index contributed by atoms with van der Waals surface area (Å²) < 4.78 is 11.8. The molecule has 0 N–H and O–H groups in total. The van der Waals surface area contributed by atoms with E-state index < -0.39 is 5.60 Å². The molecule has 1 heterocycles. The molecule has 0 bridgehead atoms. The molecule has 0 aliphatic rings. The van der Waals surface area contributed by atoms with Crippen LogP contribution in [0.3, 0.4) is 0 Å². The van der Waals surface area contributed by atoms with Crippen molar-refractivity contribution in [2.24, 2.45) is 0 Å². The molecule has 0 saturated heterocycles. The molecule has 0 unspecified atom stereocenters. The molecule has 0 radical (unpaired) electrons. The summed E-state index contributed by atoms with van der Waals surface area (Å²) in [6.07, 6.45) is 0. The number of esters is 1. The largest absolute Gasteiger partial charge is 0.474 e. The fourth-order valence-electron chi connectivity index (χ4n) is 1.56. The Kier molecular flexibility index (Phi) is 3.52. The molecule has 0 aliphatic heterocycles. The molecule has 4 nitrogen and oxygen atoms in total. The Morgan fingerprint density at radius 3 is 2.94 bits per heavy atom. The highest BCUT2D eigenvalue weighted by molar-refractivity contribution is 7.16. The van der Waals surface area contributed by atoms with Crippen molar-refractivity contribution in [3.8, 4) is 5.75 Å². The maximum Gasteiger partial charge on any atom is 0.349 e. The molecule has 0 saturated carbocycles. The van der Waals surface area contributed by atoms with Crippen molar-refractivity contribution in [3.63, 3.8) is 0 Å². The maximum absolute atomic E-state index is 11.8. The summed E-state index contributed by atoms with van der Waals surface area (Å²) in [6, 6.07) is 5.66. The molecule has 96 valence electrons. The standard InChI is InChI=1S/C13H15NO3S/c1-4-16-12(15)13(2,3)17-9-6-5-7-10-11(9)14-8-18-10/h5-8H,4H2,1-3H3. The number of nitrogens with zero attached hydrogens (tertiary/aromatic N) is 1. The van der Waals surface area contributed by atoms with Gasteiger partial charge in [0.05, 0.1) is 16.8 Å². The second-order valence-corrected chi connectivity index (χ2v) is 5.17. The number of ether oxygens (including phenoxy) is 2. The van der Waals surface area contributed by atoms with Crippen LogP contribution < -0.4 is 4.74 Å². The highest BCUT2D eigenvalue weighted by atomic mass is 32.1. The fraction of sp³-hybridized carbons (Fsp3) is 0.385. The average Bonchev–Trinajstić information content (AvgIpc) is 2.78. The monoisotopic (exact) mass is 265 g/mol. The van der Waals surface area contributed by atoms with E-state index in [9.17, 15) is 4.79 Å². The summed E-state index contributed by atoms with van der Waals surface area (Å²) in [5.41, 5.74) is 1.52. The zero-order valence-electron chi connectivity index (χ0n) is 10.6. The first-order chi connectivity index (χ1) is 8.54. The minimum Gasteiger partial charge on any atom is -0.474 e. The van der Waals surface area contributed by atoms with Crippen molar-refractivity contribution in [1.29, 1.82) is 0 Å². The number of hydrogen-bond donors (Lipinski definition) is 0. The first kappa shape index (κ1) is 12.8. The van der Waals surface area contributed by atoms with E-state index in [2.05, 4.69) is 4.98 Å². The number of carbonyl (C=O) groups excluding carboxylic acids is 1. The van der Waals surface area contributed by atoms with Crippen molar-refractivity contribution in [2.45, 2.75) is 26.4 Å². The lowest BCUT2D eigenvalue weighted by molar-refractivity contribution is -0.158. The Morgan fingerprint density at radius 2 is 2.22 bits per heavy atom. The van der Waals surface area contributed by atoms with Crippen molar-refractivity contribution in [3.05, 3.63) is 23.7 Å². The van der Waals surface area contributed by atoms with Crippen molar-refractivity contribution >= 4 is 27.5 Å². The highest BCUT2D eigenvalue weighted by Crippen LogP contribution is 2.29. The molecule has 0 spiro atoms. The highest BCUT2D eigenvalue weighted by Gasteiger charge is 2.32. The van der Waals surface area contributed by atoms with Crippen LogP contribution in [0, 0.1) is 0 Å². The van der Waals surface area contributed by atoms with Crippen LogP contribution in [0.2, 0.25) is 0 Å². The van der Waals surface area contributed by atoms with Gasteiger partial charge in [-0.15, -0.1) is 11.3 Å². The molecule has 0 fully saturated rings. The summed E-state index contributed by atoms with van der Waals surface area (Å²) in [6.45, 7) is 5.49. The fourth-order valence-corrected chi connectivity index (χ4v) is 2.26. The normalized spacial score (nSPS) is 11.5. The molecule has 18 heavy (non-hydrogen) atoms. The summed E-state index contributed by atoms with van der Waals surface area (Å²) in [7, 11) is 0. The lowest BCUT2D eigenvalue weighted by Gasteiger charge is -2.24. The van der Waals surface area contributed by atoms with Gasteiger partial charge in [0.2, 0.25) is 0 Å². The molecular weight excluding hydrogens is 250 g/mol. The zero-order valence-corrected chi connectivity index (χ0v) is 11.4. The molecule has 2 rings (SSSR count). The number of para-hydroxylation sites is 1. The molecule has 1 aromatic heterocycles. The van der Waals surface area contributed by atoms with Crippen LogP contribution in [-0.2, 0) is 9.53 Å². The van der Waals surface area contributed by atoms with Gasteiger partial charge >= 0.3 is 5.97 Å². The van der Waals surface area contributed by atoms with Crippen molar-refractivity contribution < 1.29 is 14.3 Å². The van der Waals surface area contributed by atoms with Crippen molar-refractivity contribution in [1.82, 2.24) is 4.98 Å². The van der Waals surface area contributed by atoms with Gasteiger partial charge in [0.1, 0.15) is 11.3 Å². The topological polar surface area (TPSA) is 48.4 Å². The second-order valence-electron chi connectivity index (χ2n) is 4.29. The zero-order chi connectivity index (χ0) is 13.2. The van der Waals surface area contributed by atoms with E-state index in [0.717, 1.165) is 10.2 Å². The molecule has 2 aromatic rings. The number of hydrogen-bond acceptors (Lipinski definition) is 5. The molecule has 0 atom stereocenters. The number of aromatic nitrogens is 1. The number of fused-ring (bicyclic) bond motifs is 1. The predicted octanol–water partition coefficient (Wildman–Crippen LogP) is 3.02. The van der Waals surface area contributed by atoms with Crippen LogP contribution in [0.1, 0.15) is 20.8 Å². The van der Waals surface area contributed by atoms with Gasteiger partial charge in [0, 0.05) is 0 Å². The summed E-state index contributed by atoms with van der Waals surface area (Å²) in [5, 5.41) is 0. The molecule has 5 heteroatoms. The van der Waals surface area contributed by atoms with E-state index in [-0.39, 0.29) is 5.97 Å². The Bertz CT molecular complexity index is 562. The number of benzene rings is 1. The first-order valence-electron chi connectivity index (χ1n) is 5.73. The van der Waals surface area contributed by atoms with E-state index in [1.54, 1.807) is 26.3 Å². The van der Waals surface area contributed by atoms with Crippen molar-refractivity contribution in [2.75, 3.05) is 6.61 Å². The number of thiazole rings is 1. The lowest BCUT2D eigenvalue weighted by atomic mass is 10.1. The summed E-state index contributed by atoms with van der Waals surface area (Å²) in [5.74, 6) is 0.226. The van der Waals surface area contributed by atoms with Crippen LogP contribution in [0.5, 0.6) is 5.75 Å². The first-order valence-corrected chi connectivity index (χ1v) is 6.61. The van der Waals surface area contributed by atoms with E-state index in [4.69, 9.17) is 9.47 Å². The van der Waals surface area contributed by atoms with Gasteiger partial charge in [-0.05, 0) is 32.9 Å². The van der Waals surface area contributed by atoms with Crippen LogP contribution in [0.4, 0.5) is 0 Å². The average molecular weight is 265 g/mol. The van der Waals surface area contributed by atoms with Gasteiger partial charge in [0.25, 0.3) is 0 Å². The minimum absolute atomic E-state index is 0.340. The third-order valence-electron chi connectivity index (χ3n) is 2.46. The summed E-state index contributed by atoms with van der Waals surface area (Å²) >= 11 is 1.54. The Hall–Kier alpha value is -1.62. The molecular formula is C13H15NO3S. The van der Waals surface area contributed by atoms with Gasteiger partial charge in [-0.1, -0.05) is 6.07 Å². The predicted molar refractivity (Wildman–Crippen MR) is 71.0 cm³/mol. The Balaban J connectivity index is 2.28. The van der Waals surface area contributed by atoms with E-state index >= 15 is 0 Å². The quantitative estimate of drug-likeness (QED) is 0.797. The van der Waals surface area contributed by atoms with Crippen LogP contribution >= 0.6 is 11.3 Å². The van der Waals surface area contributed by atoms with Gasteiger partial charge in [0.15, 0.2) is 5.60 Å². The SMILES string of the molecule is CCOC(=O)C(C)(C)Oc1cccc2scnc12. The van der Waals surface area contributed by atoms with E-state index in [1.165, 1.54) is 11.3 Å². The number of rotatable bonds is 4. The third-order valence-corrected chi connectivity index (χ3v) is 3.25. The van der Waals surface area contributed by atoms with E-state index in [1.807, 2.05) is 18.2 Å². The Labute approximate surface area is 110 Å². The van der Waals surface area contributed by atoms with Crippen LogP contribution in [0.15, 0.2) is 23.7 Å². The second kappa shape index (κ2) is 4.94. The lowest BCUT2D eigenvalue weighted by Crippen LogP contribution is -2.39. The molecule has 0 amide bonds. The van der Waals surface area contributed by atoms with Gasteiger partial charge in [-0.3, -0.25) is 0 Å².